The van der Waals surface area contributed by atoms with Crippen molar-refractivity contribution in [3.63, 3.8) is 0 Å². The second-order valence-electron chi connectivity index (χ2n) is 5.71. The summed E-state index contributed by atoms with van der Waals surface area (Å²) in [4.78, 5) is 8.80. The van der Waals surface area contributed by atoms with Crippen LogP contribution in [-0.2, 0) is 6.54 Å². The summed E-state index contributed by atoms with van der Waals surface area (Å²) in [5, 5.41) is 6.64. The molecule has 0 aliphatic carbocycles. The summed E-state index contributed by atoms with van der Waals surface area (Å²) in [5.41, 5.74) is 0.983. The van der Waals surface area contributed by atoms with Crippen LogP contribution in [0.4, 0.5) is 5.82 Å². The van der Waals surface area contributed by atoms with Gasteiger partial charge in [-0.3, -0.25) is 4.98 Å². The average Bonchev–Trinajstić information content (AvgIpc) is 2.37. The molecule has 0 amide bonds. The normalized spacial score (nSPS) is 11.6. The van der Waals surface area contributed by atoms with Gasteiger partial charge >= 0.3 is 0 Å². The summed E-state index contributed by atoms with van der Waals surface area (Å²) in [5.74, 6) is 2.87. The Morgan fingerprint density at radius 2 is 1.74 bits per heavy atom. The van der Waals surface area contributed by atoms with Crippen molar-refractivity contribution in [2.24, 2.45) is 17.8 Å². The first kappa shape index (κ1) is 15.9. The fourth-order valence-corrected chi connectivity index (χ4v) is 2.25. The van der Waals surface area contributed by atoms with Crippen molar-refractivity contribution in [3.8, 4) is 0 Å². The van der Waals surface area contributed by atoms with Crippen LogP contribution in [0.2, 0.25) is 0 Å². The summed E-state index contributed by atoms with van der Waals surface area (Å²) in [6.45, 7) is 13.9. The van der Waals surface area contributed by atoms with Crippen molar-refractivity contribution in [2.45, 2.75) is 41.2 Å². The van der Waals surface area contributed by atoms with E-state index in [-0.39, 0.29) is 0 Å². The highest BCUT2D eigenvalue weighted by Crippen LogP contribution is 2.20. The lowest BCUT2D eigenvalue weighted by Gasteiger charge is -2.25. The van der Waals surface area contributed by atoms with E-state index < -0.39 is 0 Å². The fraction of sp³-hybridized carbons (Fsp3) is 0.733. The number of anilines is 1. The molecular formula is C15H28N4. The predicted molar refractivity (Wildman–Crippen MR) is 81.1 cm³/mol. The van der Waals surface area contributed by atoms with Gasteiger partial charge in [0, 0.05) is 13.1 Å². The molecular weight excluding hydrogens is 236 g/mol. The van der Waals surface area contributed by atoms with Crippen LogP contribution < -0.4 is 10.6 Å². The molecule has 4 nitrogen and oxygen atoms in total. The molecule has 1 aromatic heterocycles. The molecule has 0 fully saturated rings. The van der Waals surface area contributed by atoms with E-state index >= 15 is 0 Å². The summed E-state index contributed by atoms with van der Waals surface area (Å²) < 4.78 is 0. The minimum absolute atomic E-state index is 0.656. The third-order valence-electron chi connectivity index (χ3n) is 3.49. The molecule has 2 N–H and O–H groups in total. The second-order valence-corrected chi connectivity index (χ2v) is 5.71. The molecule has 1 heterocycles. The lowest BCUT2D eigenvalue weighted by Crippen LogP contribution is -2.25. The summed E-state index contributed by atoms with van der Waals surface area (Å²) in [7, 11) is 0. The van der Waals surface area contributed by atoms with Crippen molar-refractivity contribution in [2.75, 3.05) is 18.4 Å². The molecule has 0 saturated carbocycles. The Balaban J connectivity index is 2.48. The predicted octanol–water partition coefficient (Wildman–Crippen LogP) is 2.93. The highest BCUT2D eigenvalue weighted by Gasteiger charge is 2.17. The summed E-state index contributed by atoms with van der Waals surface area (Å²) in [6.07, 6.45) is 3.66. The lowest BCUT2D eigenvalue weighted by molar-refractivity contribution is 0.304. The molecule has 0 atom stereocenters. The van der Waals surface area contributed by atoms with Crippen LogP contribution in [0.1, 0.15) is 40.3 Å². The van der Waals surface area contributed by atoms with Crippen molar-refractivity contribution in [1.29, 1.82) is 0 Å². The van der Waals surface area contributed by atoms with E-state index in [2.05, 4.69) is 55.2 Å². The summed E-state index contributed by atoms with van der Waals surface area (Å²) >= 11 is 0. The van der Waals surface area contributed by atoms with Crippen LogP contribution in [0.25, 0.3) is 0 Å². The quantitative estimate of drug-likeness (QED) is 0.758. The van der Waals surface area contributed by atoms with Gasteiger partial charge in [-0.15, -0.1) is 0 Å². The minimum Gasteiger partial charge on any atom is -0.368 e. The maximum atomic E-state index is 4.41. The highest BCUT2D eigenvalue weighted by atomic mass is 15.0. The van der Waals surface area contributed by atoms with E-state index in [1.165, 1.54) is 0 Å². The Kier molecular flexibility index (Phi) is 6.78. The minimum atomic E-state index is 0.656. The third-order valence-corrected chi connectivity index (χ3v) is 3.49. The molecule has 0 bridgehead atoms. The van der Waals surface area contributed by atoms with Crippen LogP contribution in [0.15, 0.2) is 12.4 Å². The Labute approximate surface area is 117 Å². The fourth-order valence-electron chi connectivity index (χ4n) is 2.25. The van der Waals surface area contributed by atoms with Gasteiger partial charge in [-0.2, -0.15) is 0 Å². The van der Waals surface area contributed by atoms with Gasteiger partial charge in [0.1, 0.15) is 5.82 Å². The maximum absolute atomic E-state index is 4.41. The van der Waals surface area contributed by atoms with Crippen LogP contribution in [0.5, 0.6) is 0 Å². The maximum Gasteiger partial charge on any atom is 0.144 e. The number of nitrogens with one attached hydrogen (secondary N) is 2. The monoisotopic (exact) mass is 264 g/mol. The van der Waals surface area contributed by atoms with Gasteiger partial charge in [-0.25, -0.2) is 4.98 Å². The van der Waals surface area contributed by atoms with Gasteiger partial charge in [-0.05, 0) is 24.3 Å². The highest BCUT2D eigenvalue weighted by molar-refractivity contribution is 5.31. The second kappa shape index (κ2) is 8.10. The first-order valence-corrected chi connectivity index (χ1v) is 7.30. The number of nitrogens with zero attached hydrogens (tertiary/aromatic N) is 2. The zero-order chi connectivity index (χ0) is 14.3. The SMILES string of the molecule is CCNCc1cnc(NCC(C(C)C)C(C)C)cn1. The van der Waals surface area contributed by atoms with E-state index in [4.69, 9.17) is 0 Å². The molecule has 0 saturated heterocycles. The van der Waals surface area contributed by atoms with Crippen molar-refractivity contribution < 1.29 is 0 Å². The topological polar surface area (TPSA) is 49.8 Å². The molecule has 0 radical (unpaired) electrons. The van der Waals surface area contributed by atoms with Gasteiger partial charge < -0.3 is 10.6 Å². The van der Waals surface area contributed by atoms with E-state index in [0.717, 1.165) is 31.1 Å². The molecule has 1 rings (SSSR count). The summed E-state index contributed by atoms with van der Waals surface area (Å²) in [6, 6.07) is 0. The molecule has 108 valence electrons. The van der Waals surface area contributed by atoms with Crippen molar-refractivity contribution in [1.82, 2.24) is 15.3 Å². The molecule has 0 aliphatic heterocycles. The van der Waals surface area contributed by atoms with E-state index in [1.54, 1.807) is 0 Å². The molecule has 0 aliphatic rings. The molecule has 0 spiro atoms. The molecule has 0 unspecified atom stereocenters. The molecule has 19 heavy (non-hydrogen) atoms. The van der Waals surface area contributed by atoms with Crippen LogP contribution in [0.3, 0.4) is 0 Å². The Morgan fingerprint density at radius 1 is 1.05 bits per heavy atom. The Hall–Kier alpha value is -1.16. The number of hydrogen-bond acceptors (Lipinski definition) is 4. The van der Waals surface area contributed by atoms with Crippen LogP contribution >= 0.6 is 0 Å². The third kappa shape index (κ3) is 5.55. The van der Waals surface area contributed by atoms with Gasteiger partial charge in [0.25, 0.3) is 0 Å². The van der Waals surface area contributed by atoms with Crippen LogP contribution in [-0.4, -0.2) is 23.1 Å². The van der Waals surface area contributed by atoms with Crippen molar-refractivity contribution >= 4 is 5.82 Å². The number of rotatable bonds is 8. The smallest absolute Gasteiger partial charge is 0.144 e. The molecule has 4 heteroatoms. The van der Waals surface area contributed by atoms with E-state index in [1.807, 2.05) is 12.4 Å². The van der Waals surface area contributed by atoms with Crippen molar-refractivity contribution in [3.05, 3.63) is 18.1 Å². The van der Waals surface area contributed by atoms with Gasteiger partial charge in [0.05, 0.1) is 18.1 Å². The number of hydrogen-bond donors (Lipinski definition) is 2. The first-order chi connectivity index (χ1) is 9.04. The average molecular weight is 264 g/mol. The lowest BCUT2D eigenvalue weighted by atomic mass is 9.85. The van der Waals surface area contributed by atoms with E-state index in [9.17, 15) is 0 Å². The van der Waals surface area contributed by atoms with E-state index in [0.29, 0.717) is 17.8 Å². The first-order valence-electron chi connectivity index (χ1n) is 7.30. The van der Waals surface area contributed by atoms with Gasteiger partial charge in [0.15, 0.2) is 0 Å². The zero-order valence-corrected chi connectivity index (χ0v) is 12.9. The largest absolute Gasteiger partial charge is 0.368 e. The van der Waals surface area contributed by atoms with Gasteiger partial charge in [-0.1, -0.05) is 34.6 Å². The zero-order valence-electron chi connectivity index (χ0n) is 12.9. The Morgan fingerprint density at radius 3 is 2.21 bits per heavy atom. The molecule has 0 aromatic carbocycles. The standard InChI is InChI=1S/C15H28N4/c1-6-16-7-13-8-18-15(10-17-13)19-9-14(11(2)3)12(4)5/h8,10-12,14,16H,6-7,9H2,1-5H3,(H,18,19). The number of aromatic nitrogens is 2. The Bertz CT molecular complexity index is 338. The van der Waals surface area contributed by atoms with Gasteiger partial charge in [0.2, 0.25) is 0 Å². The molecule has 1 aromatic rings. The van der Waals surface area contributed by atoms with Crippen LogP contribution in [0, 0.1) is 17.8 Å².